The van der Waals surface area contributed by atoms with Crippen molar-refractivity contribution in [3.05, 3.63) is 23.8 Å². The maximum Gasteiger partial charge on any atom is 0.413 e. The molecule has 0 aromatic heterocycles. The number of ether oxygens (including phenoxy) is 3. The van der Waals surface area contributed by atoms with Crippen LogP contribution in [0.1, 0.15) is 24.4 Å². The van der Waals surface area contributed by atoms with Gasteiger partial charge in [-0.3, -0.25) is 4.79 Å². The van der Waals surface area contributed by atoms with Gasteiger partial charge in [-0.15, -0.1) is 0 Å². The summed E-state index contributed by atoms with van der Waals surface area (Å²) in [5.74, 6) is -1.28. The first-order valence-electron chi connectivity index (χ1n) is 7.42. The molecule has 1 fully saturated rings. The number of esters is 1. The van der Waals surface area contributed by atoms with Crippen LogP contribution in [0.2, 0.25) is 0 Å². The summed E-state index contributed by atoms with van der Waals surface area (Å²) in [7, 11) is 3.72. The Hall–Kier alpha value is -2.45. The molecule has 25 heavy (non-hydrogen) atoms. The van der Waals surface area contributed by atoms with Gasteiger partial charge in [0.2, 0.25) is 5.91 Å². The molecule has 138 valence electrons. The predicted octanol–water partition coefficient (Wildman–Crippen LogP) is 2.47. The molecule has 1 aliphatic rings. The van der Waals surface area contributed by atoms with E-state index in [1.54, 1.807) is 0 Å². The van der Waals surface area contributed by atoms with Crippen LogP contribution in [0.4, 0.5) is 13.2 Å². The van der Waals surface area contributed by atoms with E-state index in [1.807, 2.05) is 0 Å². The normalized spacial score (nSPS) is 18.9. The predicted molar refractivity (Wildman–Crippen MR) is 80.2 cm³/mol. The maximum absolute atomic E-state index is 13.8. The Balaban J connectivity index is 2.53. The van der Waals surface area contributed by atoms with Gasteiger partial charge < -0.3 is 19.1 Å². The molecule has 1 aromatic carbocycles. The third-order valence-corrected chi connectivity index (χ3v) is 4.04. The largest absolute Gasteiger partial charge is 0.493 e. The SMILES string of the molecule is COC(=O)C1CCC(=O)N1C(c1ccc(OC)c(OC)c1)C(F)(F)F. The second-order valence-electron chi connectivity index (χ2n) is 5.44. The number of halogens is 3. The molecule has 1 heterocycles. The minimum absolute atomic E-state index is 0.0224. The average molecular weight is 361 g/mol. The van der Waals surface area contributed by atoms with Gasteiger partial charge in [0.05, 0.1) is 21.3 Å². The lowest BCUT2D eigenvalue weighted by molar-refractivity contribution is -0.196. The van der Waals surface area contributed by atoms with E-state index in [4.69, 9.17) is 9.47 Å². The number of carbonyl (C=O) groups is 2. The Morgan fingerprint density at radius 1 is 1.20 bits per heavy atom. The third-order valence-electron chi connectivity index (χ3n) is 4.04. The molecule has 0 N–H and O–H groups in total. The topological polar surface area (TPSA) is 65.1 Å². The van der Waals surface area contributed by atoms with Crippen LogP contribution in [0.3, 0.4) is 0 Å². The van der Waals surface area contributed by atoms with E-state index in [1.165, 1.54) is 26.4 Å². The van der Waals surface area contributed by atoms with Gasteiger partial charge >= 0.3 is 12.1 Å². The number of methoxy groups -OCH3 is 3. The first-order valence-corrected chi connectivity index (χ1v) is 7.42. The zero-order valence-corrected chi connectivity index (χ0v) is 13.9. The summed E-state index contributed by atoms with van der Waals surface area (Å²) in [6, 6.07) is 0.0976. The maximum atomic E-state index is 13.8. The number of hydrogen-bond acceptors (Lipinski definition) is 5. The Morgan fingerprint density at radius 2 is 1.84 bits per heavy atom. The summed E-state index contributed by atoms with van der Waals surface area (Å²) in [4.78, 5) is 24.5. The van der Waals surface area contributed by atoms with Crippen molar-refractivity contribution < 1.29 is 37.0 Å². The molecular weight excluding hydrogens is 343 g/mol. The van der Waals surface area contributed by atoms with Gasteiger partial charge in [0.25, 0.3) is 0 Å². The Bertz CT molecular complexity index is 662. The summed E-state index contributed by atoms with van der Waals surface area (Å²) in [6.45, 7) is 0. The lowest BCUT2D eigenvalue weighted by Gasteiger charge is -2.33. The lowest BCUT2D eigenvalue weighted by atomic mass is 10.0. The van der Waals surface area contributed by atoms with Crippen molar-refractivity contribution in [1.82, 2.24) is 4.90 Å². The molecule has 2 rings (SSSR count). The molecule has 1 aliphatic heterocycles. The molecule has 9 heteroatoms. The first kappa shape index (κ1) is 18.9. The van der Waals surface area contributed by atoms with Gasteiger partial charge in [-0.2, -0.15) is 13.2 Å². The molecule has 1 aromatic rings. The van der Waals surface area contributed by atoms with Crippen LogP contribution in [0.5, 0.6) is 11.5 Å². The van der Waals surface area contributed by atoms with Gasteiger partial charge in [-0.25, -0.2) is 4.79 Å². The number of carbonyl (C=O) groups excluding carboxylic acids is 2. The summed E-state index contributed by atoms with van der Waals surface area (Å²) < 4.78 is 55.9. The molecule has 1 saturated heterocycles. The van der Waals surface area contributed by atoms with Crippen LogP contribution < -0.4 is 9.47 Å². The molecule has 0 aliphatic carbocycles. The number of nitrogens with zero attached hydrogens (tertiary/aromatic N) is 1. The first-order chi connectivity index (χ1) is 11.7. The minimum Gasteiger partial charge on any atom is -0.493 e. The van der Waals surface area contributed by atoms with Crippen LogP contribution in [-0.2, 0) is 14.3 Å². The van der Waals surface area contributed by atoms with Gasteiger partial charge in [0.15, 0.2) is 17.5 Å². The Morgan fingerprint density at radius 3 is 2.36 bits per heavy atom. The zero-order valence-electron chi connectivity index (χ0n) is 13.9. The third kappa shape index (κ3) is 3.64. The smallest absolute Gasteiger partial charge is 0.413 e. The van der Waals surface area contributed by atoms with Crippen LogP contribution in [-0.4, -0.2) is 50.3 Å². The molecule has 6 nitrogen and oxygen atoms in total. The fraction of sp³-hybridized carbons (Fsp3) is 0.500. The summed E-state index contributed by atoms with van der Waals surface area (Å²) in [5.41, 5.74) is -0.227. The molecule has 2 unspecified atom stereocenters. The zero-order chi connectivity index (χ0) is 18.8. The summed E-state index contributed by atoms with van der Waals surface area (Å²) in [6.07, 6.45) is -4.96. The van der Waals surface area contributed by atoms with E-state index in [9.17, 15) is 22.8 Å². The fourth-order valence-corrected chi connectivity index (χ4v) is 2.92. The van der Waals surface area contributed by atoms with Crippen molar-refractivity contribution in [2.45, 2.75) is 31.1 Å². The second-order valence-corrected chi connectivity index (χ2v) is 5.44. The Kier molecular flexibility index (Phi) is 5.44. The van der Waals surface area contributed by atoms with Gasteiger partial charge in [-0.05, 0) is 24.1 Å². The summed E-state index contributed by atoms with van der Waals surface area (Å²) >= 11 is 0. The number of amides is 1. The van der Waals surface area contributed by atoms with E-state index in [0.717, 1.165) is 13.2 Å². The Labute approximate surface area is 142 Å². The van der Waals surface area contributed by atoms with Gasteiger partial charge in [0, 0.05) is 6.42 Å². The number of benzene rings is 1. The second kappa shape index (κ2) is 7.20. The molecule has 0 saturated carbocycles. The highest BCUT2D eigenvalue weighted by molar-refractivity contribution is 5.88. The lowest BCUT2D eigenvalue weighted by Crippen LogP contribution is -2.47. The van der Waals surface area contributed by atoms with Crippen molar-refractivity contribution >= 4 is 11.9 Å². The molecule has 0 radical (unpaired) electrons. The van der Waals surface area contributed by atoms with Gasteiger partial charge in [0.1, 0.15) is 6.04 Å². The standard InChI is InChI=1S/C16H18F3NO5/c1-23-11-6-4-9(8-12(11)24-2)14(16(17,18)19)20-10(15(22)25-3)5-7-13(20)21/h4,6,8,10,14H,5,7H2,1-3H3. The monoisotopic (exact) mass is 361 g/mol. The van der Waals surface area contributed by atoms with Crippen molar-refractivity contribution in [2.75, 3.05) is 21.3 Å². The molecule has 2 atom stereocenters. The fourth-order valence-electron chi connectivity index (χ4n) is 2.92. The van der Waals surface area contributed by atoms with Crippen molar-refractivity contribution in [3.63, 3.8) is 0 Å². The van der Waals surface area contributed by atoms with Crippen LogP contribution in [0, 0.1) is 0 Å². The van der Waals surface area contributed by atoms with E-state index in [-0.39, 0.29) is 29.9 Å². The number of hydrogen-bond donors (Lipinski definition) is 0. The highest BCUT2D eigenvalue weighted by Gasteiger charge is 2.52. The highest BCUT2D eigenvalue weighted by atomic mass is 19.4. The number of likely N-dealkylation sites (tertiary alicyclic amines) is 1. The van der Waals surface area contributed by atoms with E-state index >= 15 is 0 Å². The van der Waals surface area contributed by atoms with E-state index in [2.05, 4.69) is 4.74 Å². The van der Waals surface area contributed by atoms with Crippen LogP contribution in [0.15, 0.2) is 18.2 Å². The molecule has 0 bridgehead atoms. The van der Waals surface area contributed by atoms with Crippen molar-refractivity contribution in [1.29, 1.82) is 0 Å². The van der Waals surface area contributed by atoms with Crippen molar-refractivity contribution in [2.24, 2.45) is 0 Å². The summed E-state index contributed by atoms with van der Waals surface area (Å²) in [5, 5.41) is 0. The average Bonchev–Trinajstić information content (AvgIpc) is 2.94. The minimum atomic E-state index is -4.79. The van der Waals surface area contributed by atoms with E-state index in [0.29, 0.717) is 4.90 Å². The molecular formula is C16H18F3NO5. The van der Waals surface area contributed by atoms with E-state index < -0.39 is 30.1 Å². The quantitative estimate of drug-likeness (QED) is 0.754. The number of rotatable bonds is 5. The van der Waals surface area contributed by atoms with Gasteiger partial charge in [-0.1, -0.05) is 6.07 Å². The van der Waals surface area contributed by atoms with Crippen molar-refractivity contribution in [3.8, 4) is 11.5 Å². The van der Waals surface area contributed by atoms with Crippen LogP contribution in [0.25, 0.3) is 0 Å². The molecule has 0 spiro atoms. The highest BCUT2D eigenvalue weighted by Crippen LogP contribution is 2.44. The molecule has 1 amide bonds. The van der Waals surface area contributed by atoms with Crippen LogP contribution >= 0.6 is 0 Å². The number of alkyl halides is 3.